The van der Waals surface area contributed by atoms with Gasteiger partial charge in [-0.3, -0.25) is 0 Å². The van der Waals surface area contributed by atoms with Gasteiger partial charge in [-0.2, -0.15) is 11.8 Å². The average molecular weight is 227 g/mol. The molecule has 1 nitrogen and oxygen atoms in total. The van der Waals surface area contributed by atoms with Crippen molar-refractivity contribution in [1.82, 2.24) is 5.32 Å². The summed E-state index contributed by atoms with van der Waals surface area (Å²) in [4.78, 5) is 0. The van der Waals surface area contributed by atoms with Crippen LogP contribution in [-0.4, -0.2) is 23.6 Å². The second-order valence-electron chi connectivity index (χ2n) is 3.77. The Morgan fingerprint density at radius 2 is 2.07 bits per heavy atom. The average Bonchev–Trinajstić information content (AvgIpc) is 2.25. The first-order valence-electron chi connectivity index (χ1n) is 5.99. The molecule has 0 amide bonds. The van der Waals surface area contributed by atoms with Gasteiger partial charge in [0.25, 0.3) is 0 Å². The van der Waals surface area contributed by atoms with Crippen molar-refractivity contribution in [3.8, 4) is 11.8 Å². The third kappa shape index (κ3) is 8.84. The SMILES string of the molecule is CC#CCCC(CSC(C)CC)NCC. The quantitative estimate of drug-likeness (QED) is 0.639. The van der Waals surface area contributed by atoms with Crippen LogP contribution in [0.3, 0.4) is 0 Å². The van der Waals surface area contributed by atoms with Crippen molar-refractivity contribution in [2.45, 2.75) is 58.2 Å². The summed E-state index contributed by atoms with van der Waals surface area (Å²) in [6.07, 6.45) is 3.46. The normalized spacial score (nSPS) is 14.1. The van der Waals surface area contributed by atoms with Gasteiger partial charge in [0.15, 0.2) is 0 Å². The molecule has 88 valence electrons. The molecule has 2 unspecified atom stereocenters. The second-order valence-corrected chi connectivity index (χ2v) is 5.24. The zero-order valence-corrected chi connectivity index (χ0v) is 11.4. The highest BCUT2D eigenvalue weighted by Crippen LogP contribution is 2.16. The van der Waals surface area contributed by atoms with Crippen LogP contribution in [0.2, 0.25) is 0 Å². The van der Waals surface area contributed by atoms with E-state index in [0.717, 1.165) is 18.2 Å². The van der Waals surface area contributed by atoms with Gasteiger partial charge in [-0.15, -0.1) is 11.8 Å². The van der Waals surface area contributed by atoms with Crippen molar-refractivity contribution < 1.29 is 0 Å². The van der Waals surface area contributed by atoms with Crippen molar-refractivity contribution in [1.29, 1.82) is 0 Å². The zero-order valence-electron chi connectivity index (χ0n) is 10.6. The van der Waals surface area contributed by atoms with Gasteiger partial charge in [0, 0.05) is 23.5 Å². The van der Waals surface area contributed by atoms with E-state index in [4.69, 9.17) is 0 Å². The highest BCUT2D eigenvalue weighted by atomic mass is 32.2. The summed E-state index contributed by atoms with van der Waals surface area (Å²) < 4.78 is 0. The van der Waals surface area contributed by atoms with Crippen LogP contribution in [0.4, 0.5) is 0 Å². The lowest BCUT2D eigenvalue weighted by atomic mass is 10.2. The first kappa shape index (κ1) is 14.9. The van der Waals surface area contributed by atoms with Gasteiger partial charge in [0.1, 0.15) is 0 Å². The molecule has 2 atom stereocenters. The van der Waals surface area contributed by atoms with E-state index in [1.54, 1.807) is 0 Å². The third-order valence-corrected chi connectivity index (χ3v) is 3.94. The molecule has 0 aliphatic rings. The summed E-state index contributed by atoms with van der Waals surface area (Å²) in [7, 11) is 0. The maximum Gasteiger partial charge on any atom is 0.0167 e. The van der Waals surface area contributed by atoms with Crippen LogP contribution in [0.1, 0.15) is 47.0 Å². The molecule has 0 radical (unpaired) electrons. The second kappa shape index (κ2) is 10.4. The first-order chi connectivity index (χ1) is 7.24. The Morgan fingerprint density at radius 1 is 1.33 bits per heavy atom. The van der Waals surface area contributed by atoms with Crippen molar-refractivity contribution >= 4 is 11.8 Å². The zero-order chi connectivity index (χ0) is 11.5. The number of hydrogen-bond acceptors (Lipinski definition) is 2. The van der Waals surface area contributed by atoms with Crippen molar-refractivity contribution in [2.24, 2.45) is 0 Å². The monoisotopic (exact) mass is 227 g/mol. The van der Waals surface area contributed by atoms with Gasteiger partial charge in [0.2, 0.25) is 0 Å². The summed E-state index contributed by atoms with van der Waals surface area (Å²) in [5, 5.41) is 4.31. The summed E-state index contributed by atoms with van der Waals surface area (Å²) in [5.41, 5.74) is 0. The molecule has 0 saturated heterocycles. The third-order valence-electron chi connectivity index (χ3n) is 2.44. The lowest BCUT2D eigenvalue weighted by molar-refractivity contribution is 0.544. The van der Waals surface area contributed by atoms with Gasteiger partial charge < -0.3 is 5.32 Å². The first-order valence-corrected chi connectivity index (χ1v) is 7.04. The summed E-state index contributed by atoms with van der Waals surface area (Å²) in [5.74, 6) is 7.31. The van der Waals surface area contributed by atoms with E-state index in [9.17, 15) is 0 Å². The summed E-state index contributed by atoms with van der Waals surface area (Å²) in [6, 6.07) is 0.634. The maximum atomic E-state index is 3.53. The molecule has 0 aromatic carbocycles. The smallest absolute Gasteiger partial charge is 0.0167 e. The van der Waals surface area contributed by atoms with E-state index in [0.29, 0.717) is 6.04 Å². The van der Waals surface area contributed by atoms with Gasteiger partial charge in [0.05, 0.1) is 0 Å². The molecule has 0 heterocycles. The Bertz CT molecular complexity index is 192. The fourth-order valence-electron chi connectivity index (χ4n) is 1.30. The topological polar surface area (TPSA) is 12.0 Å². The minimum Gasteiger partial charge on any atom is -0.313 e. The molecule has 1 N–H and O–H groups in total. The fraction of sp³-hybridized carbons (Fsp3) is 0.846. The van der Waals surface area contributed by atoms with Crippen LogP contribution in [0.15, 0.2) is 0 Å². The molecular formula is C13H25NS. The largest absolute Gasteiger partial charge is 0.313 e. The highest BCUT2D eigenvalue weighted by molar-refractivity contribution is 7.99. The van der Waals surface area contributed by atoms with Crippen molar-refractivity contribution in [2.75, 3.05) is 12.3 Å². The lowest BCUT2D eigenvalue weighted by Crippen LogP contribution is -2.31. The predicted octanol–water partition coefficient (Wildman–Crippen LogP) is 3.30. The van der Waals surface area contributed by atoms with Gasteiger partial charge in [-0.1, -0.05) is 20.8 Å². The molecule has 0 rings (SSSR count). The summed E-state index contributed by atoms with van der Waals surface area (Å²) in [6.45, 7) is 9.70. The number of hydrogen-bond donors (Lipinski definition) is 1. The molecule has 0 bridgehead atoms. The van der Waals surface area contributed by atoms with Crippen LogP contribution < -0.4 is 5.32 Å². The molecule has 0 aromatic heterocycles. The molecular weight excluding hydrogens is 202 g/mol. The van der Waals surface area contributed by atoms with E-state index in [-0.39, 0.29) is 0 Å². The highest BCUT2D eigenvalue weighted by Gasteiger charge is 2.08. The van der Waals surface area contributed by atoms with Crippen LogP contribution in [0.5, 0.6) is 0 Å². The number of thioether (sulfide) groups is 1. The van der Waals surface area contributed by atoms with E-state index in [2.05, 4.69) is 49.7 Å². The van der Waals surface area contributed by atoms with Crippen molar-refractivity contribution in [3.63, 3.8) is 0 Å². The molecule has 0 aliphatic carbocycles. The molecule has 0 saturated carbocycles. The molecule has 0 aromatic rings. The van der Waals surface area contributed by atoms with E-state index >= 15 is 0 Å². The maximum absolute atomic E-state index is 3.53. The number of nitrogens with one attached hydrogen (secondary N) is 1. The van der Waals surface area contributed by atoms with Crippen LogP contribution in [-0.2, 0) is 0 Å². The Kier molecular flexibility index (Phi) is 10.3. The summed E-state index contributed by atoms with van der Waals surface area (Å²) >= 11 is 2.07. The molecule has 2 heteroatoms. The van der Waals surface area contributed by atoms with Gasteiger partial charge >= 0.3 is 0 Å². The standard InChI is InChI=1S/C13H25NS/c1-5-8-9-10-13(14-7-3)11-15-12(4)6-2/h12-14H,6-7,9-11H2,1-4H3. The number of rotatable bonds is 8. The van der Waals surface area contributed by atoms with Crippen molar-refractivity contribution in [3.05, 3.63) is 0 Å². The predicted molar refractivity (Wildman–Crippen MR) is 72.4 cm³/mol. The fourth-order valence-corrected chi connectivity index (χ4v) is 2.38. The van der Waals surface area contributed by atoms with Crippen LogP contribution in [0, 0.1) is 11.8 Å². The molecule has 0 fully saturated rings. The van der Waals surface area contributed by atoms with E-state index in [1.165, 1.54) is 18.6 Å². The van der Waals surface area contributed by atoms with Crippen LogP contribution in [0.25, 0.3) is 0 Å². The minimum atomic E-state index is 0.634. The molecule has 0 aliphatic heterocycles. The Labute approximate surface area is 99.8 Å². The molecule has 15 heavy (non-hydrogen) atoms. The Hall–Kier alpha value is -0.130. The van der Waals surface area contributed by atoms with E-state index < -0.39 is 0 Å². The van der Waals surface area contributed by atoms with Gasteiger partial charge in [-0.25, -0.2) is 0 Å². The molecule has 0 spiro atoms. The van der Waals surface area contributed by atoms with Crippen LogP contribution >= 0.6 is 11.8 Å². The Morgan fingerprint density at radius 3 is 2.60 bits per heavy atom. The van der Waals surface area contributed by atoms with Gasteiger partial charge in [-0.05, 0) is 26.3 Å². The Balaban J connectivity index is 3.74. The van der Waals surface area contributed by atoms with E-state index in [1.807, 2.05) is 6.92 Å². The minimum absolute atomic E-state index is 0.634. The lowest BCUT2D eigenvalue weighted by Gasteiger charge is -2.18.